The molecule has 0 aromatic carbocycles. The van der Waals surface area contributed by atoms with Crippen LogP contribution in [0.3, 0.4) is 0 Å². The molecule has 2 aliphatic rings. The molecule has 1 aliphatic heterocycles. The minimum atomic E-state index is -0.253. The summed E-state index contributed by atoms with van der Waals surface area (Å²) in [6.45, 7) is 30.9. The molecule has 2 N–H and O–H groups in total. The van der Waals surface area contributed by atoms with Crippen molar-refractivity contribution in [1.29, 1.82) is 0 Å². The molecule has 3 atom stereocenters. The van der Waals surface area contributed by atoms with Crippen LogP contribution in [-0.4, -0.2) is 74.7 Å². The molecule has 0 saturated carbocycles. The quantitative estimate of drug-likeness (QED) is 0.0507. The van der Waals surface area contributed by atoms with E-state index >= 15 is 0 Å². The maximum Gasteiger partial charge on any atom is 0.247 e. The number of methoxy groups -OCH3 is 2. The van der Waals surface area contributed by atoms with Crippen LogP contribution in [0, 0.1) is 18.8 Å². The lowest BCUT2D eigenvalue weighted by atomic mass is 9.90. The zero-order valence-electron chi connectivity index (χ0n) is 34.3. The summed E-state index contributed by atoms with van der Waals surface area (Å²) < 4.78 is 17.3. The van der Waals surface area contributed by atoms with Crippen LogP contribution in [0.15, 0.2) is 113 Å². The van der Waals surface area contributed by atoms with Crippen LogP contribution < -0.4 is 15.5 Å². The molecule has 1 saturated heterocycles. The van der Waals surface area contributed by atoms with Crippen molar-refractivity contribution in [3.05, 3.63) is 114 Å². The summed E-state index contributed by atoms with van der Waals surface area (Å²) in [4.78, 5) is 26.7. The number of anilines is 2. The predicted molar refractivity (Wildman–Crippen MR) is 224 cm³/mol. The van der Waals surface area contributed by atoms with Crippen molar-refractivity contribution in [1.82, 2.24) is 15.2 Å². The van der Waals surface area contributed by atoms with Crippen molar-refractivity contribution in [2.75, 3.05) is 57.2 Å². The van der Waals surface area contributed by atoms with Crippen molar-refractivity contribution >= 4 is 23.2 Å². The first kappa shape index (κ1) is 43.6. The topological polar surface area (TPSA) is 101 Å². The Balaban J connectivity index is 1.94. The average molecular weight is 741 g/mol. The van der Waals surface area contributed by atoms with Gasteiger partial charge in [0.15, 0.2) is 0 Å². The smallest absolute Gasteiger partial charge is 0.247 e. The molecule has 0 radical (unpaired) electrons. The standard InChI is InChI=1S/C44H64N6O4/c1-13-30(6)41(53-12)26-39(52-11)23-35(14-2)33(9)34(10)44(45-16-4)50(17-5)40-27-42(46-28-31(40)7)47-36-19-18-20-38(49-21-22-54-32(8)29-49)25-37(24-36)48-43(51)15-3/h15,19-20,23,25-28,30,32,35H,3,9-10,13-14,16-18,21-22,24,29H2,1-2,4-8,11-12H3,(H,46,47)(H,48,51)/b36-19?,37-25+,38-20+,39-23?,41-26+,45-44?. The fourth-order valence-electron chi connectivity index (χ4n) is 6.46. The second-order valence-corrected chi connectivity index (χ2v) is 13.6. The first-order valence-corrected chi connectivity index (χ1v) is 19.3. The molecule has 1 aromatic rings. The number of amides is 1. The fourth-order valence-corrected chi connectivity index (χ4v) is 6.46. The Bertz CT molecular complexity index is 1680. The number of amidine groups is 1. The SMILES string of the molecule is C=CC(=O)N/C1=C/C(N2CCOC(C)C2)=C\CC=C(Nc2cc(N(CC)C(=NCC)C(=C)C(=C)C(C=C(/C=C(/OC)C(C)CC)OC)CC)c(C)cn2)C1. The van der Waals surface area contributed by atoms with Gasteiger partial charge in [-0.25, -0.2) is 4.98 Å². The summed E-state index contributed by atoms with van der Waals surface area (Å²) in [7, 11) is 3.38. The number of nitrogens with one attached hydrogen (secondary N) is 2. The number of carbonyl (C=O) groups excluding carboxylic acids is 1. The molecular weight excluding hydrogens is 677 g/mol. The third-order valence-electron chi connectivity index (χ3n) is 9.77. The molecule has 1 amide bonds. The van der Waals surface area contributed by atoms with Crippen molar-refractivity contribution in [3.63, 3.8) is 0 Å². The molecular formula is C44H64N6O4. The zero-order valence-corrected chi connectivity index (χ0v) is 34.3. The Labute approximate surface area is 324 Å². The first-order chi connectivity index (χ1) is 25.9. The largest absolute Gasteiger partial charge is 0.501 e. The number of pyridine rings is 1. The second-order valence-electron chi connectivity index (χ2n) is 13.6. The van der Waals surface area contributed by atoms with Crippen LogP contribution in [-0.2, 0) is 19.0 Å². The molecule has 10 nitrogen and oxygen atoms in total. The van der Waals surface area contributed by atoms with Crippen LogP contribution in [0.25, 0.3) is 0 Å². The van der Waals surface area contributed by atoms with E-state index in [0.717, 1.165) is 89.2 Å². The van der Waals surface area contributed by atoms with Gasteiger partial charge in [0.25, 0.3) is 0 Å². The number of morpholine rings is 1. The Morgan fingerprint density at radius 2 is 1.93 bits per heavy atom. The minimum absolute atomic E-state index is 0.0356. The number of allylic oxidation sites excluding steroid dienone is 6. The monoisotopic (exact) mass is 740 g/mol. The number of hydrogen-bond donors (Lipinski definition) is 2. The van der Waals surface area contributed by atoms with E-state index in [9.17, 15) is 4.79 Å². The van der Waals surface area contributed by atoms with Crippen LogP contribution in [0.5, 0.6) is 0 Å². The number of nitrogens with zero attached hydrogens (tertiary/aromatic N) is 4. The summed E-state index contributed by atoms with van der Waals surface area (Å²) in [6, 6.07) is 2.05. The zero-order chi connectivity index (χ0) is 39.8. The van der Waals surface area contributed by atoms with Crippen LogP contribution in [0.1, 0.15) is 72.8 Å². The summed E-state index contributed by atoms with van der Waals surface area (Å²) in [5.74, 6) is 3.03. The molecule has 1 aliphatic carbocycles. The number of ether oxygens (including phenoxy) is 3. The van der Waals surface area contributed by atoms with Gasteiger partial charge in [0.1, 0.15) is 23.2 Å². The molecule has 1 aromatic heterocycles. The Hall–Kier alpha value is -4.83. The molecule has 3 unspecified atom stereocenters. The summed E-state index contributed by atoms with van der Waals surface area (Å²) in [5.41, 5.74) is 6.37. The van der Waals surface area contributed by atoms with Gasteiger partial charge in [0.05, 0.1) is 32.6 Å². The number of hydrogen-bond acceptors (Lipinski definition) is 8. The highest BCUT2D eigenvalue weighted by Gasteiger charge is 2.24. The third-order valence-corrected chi connectivity index (χ3v) is 9.77. The van der Waals surface area contributed by atoms with Gasteiger partial charge in [-0.1, -0.05) is 52.7 Å². The highest BCUT2D eigenvalue weighted by Crippen LogP contribution is 2.31. The summed E-state index contributed by atoms with van der Waals surface area (Å²) in [6.07, 6.45) is 16.7. The lowest BCUT2D eigenvalue weighted by Gasteiger charge is -2.34. The van der Waals surface area contributed by atoms with Gasteiger partial charge in [0.2, 0.25) is 5.91 Å². The van der Waals surface area contributed by atoms with Gasteiger partial charge < -0.3 is 34.6 Å². The van der Waals surface area contributed by atoms with Gasteiger partial charge in [-0.15, -0.1) is 0 Å². The normalized spacial score (nSPS) is 20.1. The Morgan fingerprint density at radius 3 is 2.54 bits per heavy atom. The number of carbonyl (C=O) groups is 1. The van der Waals surface area contributed by atoms with Crippen LogP contribution in [0.4, 0.5) is 11.5 Å². The maximum atomic E-state index is 12.5. The number of likely N-dealkylation sites (N-methyl/N-ethyl adjacent to an activating group) is 1. The number of aliphatic imine (C=N–C) groups is 1. The summed E-state index contributed by atoms with van der Waals surface area (Å²) in [5, 5.41) is 6.58. The molecule has 3 rings (SSSR count). The third kappa shape index (κ3) is 12.1. The van der Waals surface area contributed by atoms with Gasteiger partial charge in [0, 0.05) is 85.4 Å². The van der Waals surface area contributed by atoms with E-state index in [0.29, 0.717) is 31.9 Å². The average Bonchev–Trinajstić information content (AvgIpc) is 3.16. The van der Waals surface area contributed by atoms with Crippen molar-refractivity contribution in [2.45, 2.75) is 80.3 Å². The maximum absolute atomic E-state index is 12.5. The van der Waals surface area contributed by atoms with Crippen molar-refractivity contribution in [2.24, 2.45) is 16.8 Å². The van der Waals surface area contributed by atoms with Crippen LogP contribution in [0.2, 0.25) is 0 Å². The molecule has 0 spiro atoms. The first-order valence-electron chi connectivity index (χ1n) is 19.3. The van der Waals surface area contributed by atoms with E-state index in [1.807, 2.05) is 25.3 Å². The van der Waals surface area contributed by atoms with Gasteiger partial charge in [-0.3, -0.25) is 9.79 Å². The fraction of sp³-hybridized carbons (Fsp3) is 0.477. The molecule has 2 heterocycles. The highest BCUT2D eigenvalue weighted by molar-refractivity contribution is 6.12. The number of rotatable bonds is 18. The van der Waals surface area contributed by atoms with E-state index in [1.165, 1.54) is 6.08 Å². The van der Waals surface area contributed by atoms with Crippen LogP contribution >= 0.6 is 0 Å². The molecule has 1 fully saturated rings. The van der Waals surface area contributed by atoms with Crippen molar-refractivity contribution < 1.29 is 19.0 Å². The van der Waals surface area contributed by atoms with E-state index in [1.54, 1.807) is 14.2 Å². The number of aromatic nitrogens is 1. The lowest BCUT2D eigenvalue weighted by Crippen LogP contribution is -2.40. The second kappa shape index (κ2) is 21.8. The number of aryl methyl sites for hydroxylation is 1. The minimum Gasteiger partial charge on any atom is -0.501 e. The van der Waals surface area contributed by atoms with E-state index in [4.69, 9.17) is 24.2 Å². The van der Waals surface area contributed by atoms with Crippen molar-refractivity contribution in [3.8, 4) is 0 Å². The lowest BCUT2D eigenvalue weighted by molar-refractivity contribution is -0.115. The van der Waals surface area contributed by atoms with Gasteiger partial charge in [-0.2, -0.15) is 0 Å². The van der Waals surface area contributed by atoms with Gasteiger partial charge in [-0.05, 0) is 76.3 Å². The van der Waals surface area contributed by atoms with E-state index in [-0.39, 0.29) is 23.8 Å². The molecule has 0 bridgehead atoms. The van der Waals surface area contributed by atoms with E-state index in [2.05, 4.69) is 106 Å². The molecule has 54 heavy (non-hydrogen) atoms. The molecule has 294 valence electrons. The molecule has 10 heteroatoms. The van der Waals surface area contributed by atoms with Gasteiger partial charge >= 0.3 is 0 Å². The highest BCUT2D eigenvalue weighted by atomic mass is 16.5. The predicted octanol–water partition coefficient (Wildman–Crippen LogP) is 8.76. The Kier molecular flexibility index (Phi) is 17.6. The summed E-state index contributed by atoms with van der Waals surface area (Å²) >= 11 is 0. The van der Waals surface area contributed by atoms with E-state index < -0.39 is 0 Å². The Morgan fingerprint density at radius 1 is 1.17 bits per heavy atom.